The second kappa shape index (κ2) is 5.32. The molecule has 0 heterocycles. The Morgan fingerprint density at radius 3 is 2.56 bits per heavy atom. The van der Waals surface area contributed by atoms with E-state index in [-0.39, 0.29) is 6.04 Å². The molecule has 0 bridgehead atoms. The first kappa shape index (κ1) is 13.0. The molecule has 2 nitrogen and oxygen atoms in total. The molecule has 0 aliphatic rings. The van der Waals surface area contributed by atoms with Crippen LogP contribution in [0.5, 0.6) is 0 Å². The second-order valence-electron chi connectivity index (χ2n) is 3.67. The van der Waals surface area contributed by atoms with Crippen molar-refractivity contribution in [1.82, 2.24) is 5.43 Å². The Hall–Kier alpha value is -1.07. The first-order valence-electron chi connectivity index (χ1n) is 5.09. The second-order valence-corrected chi connectivity index (χ2v) is 3.67. The Balaban J connectivity index is 2.82. The molecule has 0 radical (unpaired) electrons. The van der Waals surface area contributed by atoms with Gasteiger partial charge in [-0.3, -0.25) is 11.3 Å². The summed E-state index contributed by atoms with van der Waals surface area (Å²) in [6.07, 6.45) is -3.02. The first-order chi connectivity index (χ1) is 7.47. The van der Waals surface area contributed by atoms with Gasteiger partial charge < -0.3 is 0 Å². The summed E-state index contributed by atoms with van der Waals surface area (Å²) in [5, 5.41) is 0. The van der Waals surface area contributed by atoms with Crippen LogP contribution in [0, 0.1) is 0 Å². The minimum absolute atomic E-state index is 0.00323. The summed E-state index contributed by atoms with van der Waals surface area (Å²) in [6.45, 7) is 1.93. The molecule has 3 N–H and O–H groups in total. The van der Waals surface area contributed by atoms with Crippen LogP contribution in [0.3, 0.4) is 0 Å². The van der Waals surface area contributed by atoms with Crippen molar-refractivity contribution in [3.63, 3.8) is 0 Å². The number of benzene rings is 1. The van der Waals surface area contributed by atoms with Gasteiger partial charge in [-0.15, -0.1) is 0 Å². The average molecular weight is 232 g/mol. The predicted octanol–water partition coefficient (Wildman–Crippen LogP) is 2.49. The molecule has 5 heteroatoms. The third-order valence-corrected chi connectivity index (χ3v) is 2.46. The van der Waals surface area contributed by atoms with Crippen molar-refractivity contribution >= 4 is 0 Å². The van der Waals surface area contributed by atoms with E-state index >= 15 is 0 Å². The van der Waals surface area contributed by atoms with Gasteiger partial charge >= 0.3 is 6.18 Å². The molecular weight excluding hydrogens is 217 g/mol. The van der Waals surface area contributed by atoms with Crippen LogP contribution < -0.4 is 11.3 Å². The van der Waals surface area contributed by atoms with Crippen molar-refractivity contribution in [3.8, 4) is 0 Å². The third kappa shape index (κ3) is 3.50. The van der Waals surface area contributed by atoms with Crippen molar-refractivity contribution in [2.45, 2.75) is 32.0 Å². The van der Waals surface area contributed by atoms with Crippen LogP contribution >= 0.6 is 0 Å². The lowest BCUT2D eigenvalue weighted by Crippen LogP contribution is -2.36. The van der Waals surface area contributed by atoms with Crippen LogP contribution in [0.25, 0.3) is 0 Å². The zero-order valence-corrected chi connectivity index (χ0v) is 9.01. The maximum absolute atomic E-state index is 12.4. The molecule has 16 heavy (non-hydrogen) atoms. The van der Waals surface area contributed by atoms with Crippen molar-refractivity contribution in [1.29, 1.82) is 0 Å². The highest BCUT2D eigenvalue weighted by Gasteiger charge is 2.30. The third-order valence-electron chi connectivity index (χ3n) is 2.46. The van der Waals surface area contributed by atoms with Crippen LogP contribution in [0.15, 0.2) is 24.3 Å². The van der Waals surface area contributed by atoms with E-state index in [1.54, 1.807) is 6.07 Å². The largest absolute Gasteiger partial charge is 0.416 e. The topological polar surface area (TPSA) is 38.0 Å². The Morgan fingerprint density at radius 2 is 2.06 bits per heavy atom. The van der Waals surface area contributed by atoms with Gasteiger partial charge in [0.2, 0.25) is 0 Å². The summed E-state index contributed by atoms with van der Waals surface area (Å²) in [5.74, 6) is 5.28. The van der Waals surface area contributed by atoms with Gasteiger partial charge in [0.15, 0.2) is 0 Å². The number of hydrogen-bond acceptors (Lipinski definition) is 2. The molecule has 1 atom stereocenters. The molecular formula is C11H15F3N2. The van der Waals surface area contributed by atoms with Gasteiger partial charge in [0.25, 0.3) is 0 Å². The molecule has 0 aromatic heterocycles. The van der Waals surface area contributed by atoms with E-state index in [0.29, 0.717) is 12.0 Å². The van der Waals surface area contributed by atoms with Crippen molar-refractivity contribution in [2.75, 3.05) is 0 Å². The molecule has 0 fully saturated rings. The van der Waals surface area contributed by atoms with Crippen molar-refractivity contribution < 1.29 is 13.2 Å². The van der Waals surface area contributed by atoms with E-state index in [4.69, 9.17) is 5.84 Å². The molecule has 0 aliphatic carbocycles. The molecule has 0 spiro atoms. The molecule has 0 saturated carbocycles. The average Bonchev–Trinajstić information content (AvgIpc) is 2.25. The lowest BCUT2D eigenvalue weighted by atomic mass is 10.0. The number of nitrogens with two attached hydrogens (primary N) is 1. The monoisotopic (exact) mass is 232 g/mol. The first-order valence-corrected chi connectivity index (χ1v) is 5.09. The van der Waals surface area contributed by atoms with Crippen LogP contribution in [-0.2, 0) is 12.6 Å². The van der Waals surface area contributed by atoms with E-state index in [1.807, 2.05) is 6.92 Å². The summed E-state index contributed by atoms with van der Waals surface area (Å²) in [6, 6.07) is 5.33. The molecule has 1 unspecified atom stereocenters. The van der Waals surface area contributed by atoms with Crippen molar-refractivity contribution in [2.24, 2.45) is 5.84 Å². The summed E-state index contributed by atoms with van der Waals surface area (Å²) < 4.78 is 37.3. The van der Waals surface area contributed by atoms with Crippen LogP contribution in [0.1, 0.15) is 24.5 Å². The van der Waals surface area contributed by atoms with E-state index < -0.39 is 11.7 Å². The van der Waals surface area contributed by atoms with Crippen LogP contribution in [0.2, 0.25) is 0 Å². The van der Waals surface area contributed by atoms with Gasteiger partial charge in [-0.1, -0.05) is 25.1 Å². The smallest absolute Gasteiger partial charge is 0.271 e. The van der Waals surface area contributed by atoms with E-state index in [1.165, 1.54) is 12.1 Å². The fraction of sp³-hybridized carbons (Fsp3) is 0.455. The molecule has 0 amide bonds. The Labute approximate surface area is 92.6 Å². The number of nitrogens with one attached hydrogen (secondary N) is 1. The van der Waals surface area contributed by atoms with Crippen molar-refractivity contribution in [3.05, 3.63) is 35.4 Å². The Morgan fingerprint density at radius 1 is 1.38 bits per heavy atom. The minimum atomic E-state index is -4.28. The summed E-state index contributed by atoms with van der Waals surface area (Å²) >= 11 is 0. The number of rotatable bonds is 4. The van der Waals surface area contributed by atoms with E-state index in [2.05, 4.69) is 5.43 Å². The molecule has 1 aromatic carbocycles. The predicted molar refractivity (Wildman–Crippen MR) is 56.6 cm³/mol. The minimum Gasteiger partial charge on any atom is -0.271 e. The fourth-order valence-electron chi connectivity index (χ4n) is 1.48. The maximum Gasteiger partial charge on any atom is 0.416 e. The SMILES string of the molecule is CCC(Cc1cccc(C(F)(F)F)c1)NN. The Kier molecular flexibility index (Phi) is 4.32. The van der Waals surface area contributed by atoms with Gasteiger partial charge in [-0.2, -0.15) is 13.2 Å². The highest BCUT2D eigenvalue weighted by Crippen LogP contribution is 2.29. The van der Waals surface area contributed by atoms with Crippen LogP contribution in [-0.4, -0.2) is 6.04 Å². The molecule has 0 aliphatic heterocycles. The summed E-state index contributed by atoms with van der Waals surface area (Å²) in [5.41, 5.74) is 2.60. The highest BCUT2D eigenvalue weighted by atomic mass is 19.4. The number of alkyl halides is 3. The summed E-state index contributed by atoms with van der Waals surface area (Å²) in [4.78, 5) is 0. The highest BCUT2D eigenvalue weighted by molar-refractivity contribution is 5.26. The van der Waals surface area contributed by atoms with Gasteiger partial charge in [0, 0.05) is 6.04 Å². The zero-order chi connectivity index (χ0) is 12.2. The summed E-state index contributed by atoms with van der Waals surface area (Å²) in [7, 11) is 0. The number of hydrazine groups is 1. The number of hydrogen-bond donors (Lipinski definition) is 2. The molecule has 0 saturated heterocycles. The van der Waals surface area contributed by atoms with Gasteiger partial charge in [-0.05, 0) is 24.5 Å². The maximum atomic E-state index is 12.4. The standard InChI is InChI=1S/C11H15F3N2/c1-2-10(16-15)7-8-4-3-5-9(6-8)11(12,13)14/h3-6,10,16H,2,7,15H2,1H3. The molecule has 1 rings (SSSR count). The normalized spacial score (nSPS) is 13.8. The quantitative estimate of drug-likeness (QED) is 0.618. The fourth-order valence-corrected chi connectivity index (χ4v) is 1.48. The molecule has 90 valence electrons. The Bertz CT molecular complexity index is 332. The van der Waals surface area contributed by atoms with E-state index in [9.17, 15) is 13.2 Å². The number of halogens is 3. The lowest BCUT2D eigenvalue weighted by molar-refractivity contribution is -0.137. The van der Waals surface area contributed by atoms with Gasteiger partial charge in [0.05, 0.1) is 5.56 Å². The van der Waals surface area contributed by atoms with E-state index in [0.717, 1.165) is 12.5 Å². The lowest BCUT2D eigenvalue weighted by Gasteiger charge is -2.14. The van der Waals surface area contributed by atoms with Crippen LogP contribution in [0.4, 0.5) is 13.2 Å². The zero-order valence-electron chi connectivity index (χ0n) is 9.01. The molecule has 1 aromatic rings. The van der Waals surface area contributed by atoms with Gasteiger partial charge in [0.1, 0.15) is 0 Å². The van der Waals surface area contributed by atoms with Gasteiger partial charge in [-0.25, -0.2) is 0 Å².